The van der Waals surface area contributed by atoms with E-state index in [9.17, 15) is 0 Å². The van der Waals surface area contributed by atoms with E-state index >= 15 is 0 Å². The maximum atomic E-state index is 4.55. The summed E-state index contributed by atoms with van der Waals surface area (Å²) in [6, 6.07) is 13.5. The summed E-state index contributed by atoms with van der Waals surface area (Å²) in [7, 11) is 0. The normalized spacial score (nSPS) is 18.3. The first-order chi connectivity index (χ1) is 11.9. The zero-order valence-electron chi connectivity index (χ0n) is 14.3. The average Bonchev–Trinajstić information content (AvgIpc) is 3.12. The van der Waals surface area contributed by atoms with Crippen molar-refractivity contribution in [1.29, 1.82) is 0 Å². The SMILES string of the molecule is I.c1ccc(C(CNC2=NCCCN2)N2CCc3sccc3C2)cc1. The Kier molecular flexibility index (Phi) is 6.72. The number of fused-ring (bicyclic) bond motifs is 1. The monoisotopic (exact) mass is 468 g/mol. The van der Waals surface area contributed by atoms with Gasteiger partial charge in [-0.25, -0.2) is 0 Å². The van der Waals surface area contributed by atoms with Crippen LogP contribution in [0.3, 0.4) is 0 Å². The Hall–Kier alpha value is -1.12. The molecule has 0 fully saturated rings. The highest BCUT2D eigenvalue weighted by atomic mass is 127. The van der Waals surface area contributed by atoms with Gasteiger partial charge < -0.3 is 10.6 Å². The van der Waals surface area contributed by atoms with Gasteiger partial charge in [-0.1, -0.05) is 30.3 Å². The van der Waals surface area contributed by atoms with E-state index in [2.05, 4.69) is 62.3 Å². The van der Waals surface area contributed by atoms with Crippen molar-refractivity contribution < 1.29 is 0 Å². The lowest BCUT2D eigenvalue weighted by Crippen LogP contribution is -2.45. The fraction of sp³-hybridized carbons (Fsp3) is 0.421. The van der Waals surface area contributed by atoms with E-state index in [1.165, 1.54) is 11.1 Å². The van der Waals surface area contributed by atoms with Crippen LogP contribution in [0, 0.1) is 0 Å². The molecule has 1 aromatic heterocycles. The highest BCUT2D eigenvalue weighted by molar-refractivity contribution is 14.0. The highest BCUT2D eigenvalue weighted by Crippen LogP contribution is 2.30. The number of rotatable bonds is 4. The van der Waals surface area contributed by atoms with Crippen LogP contribution in [-0.4, -0.2) is 37.0 Å². The lowest BCUT2D eigenvalue weighted by atomic mass is 10.0. The maximum absolute atomic E-state index is 4.55. The number of nitrogens with one attached hydrogen (secondary N) is 2. The van der Waals surface area contributed by atoms with Gasteiger partial charge in [-0.05, 0) is 35.4 Å². The van der Waals surface area contributed by atoms with Gasteiger partial charge in [-0.2, -0.15) is 0 Å². The Morgan fingerprint density at radius 3 is 2.92 bits per heavy atom. The van der Waals surface area contributed by atoms with Gasteiger partial charge in [-0.15, -0.1) is 35.3 Å². The molecule has 1 unspecified atom stereocenters. The maximum Gasteiger partial charge on any atom is 0.191 e. The molecular formula is C19H25IN4S. The molecule has 0 bridgehead atoms. The third kappa shape index (κ3) is 4.54. The van der Waals surface area contributed by atoms with Crippen molar-refractivity contribution >= 4 is 41.3 Å². The molecule has 4 rings (SSSR count). The second kappa shape index (κ2) is 9.00. The summed E-state index contributed by atoms with van der Waals surface area (Å²) in [5.41, 5.74) is 2.88. The largest absolute Gasteiger partial charge is 0.356 e. The van der Waals surface area contributed by atoms with E-state index in [1.807, 2.05) is 11.3 Å². The third-order valence-corrected chi connectivity index (χ3v) is 5.85. The summed E-state index contributed by atoms with van der Waals surface area (Å²) in [5, 5.41) is 9.12. The van der Waals surface area contributed by atoms with Gasteiger partial charge in [0.2, 0.25) is 0 Å². The molecule has 2 aliphatic heterocycles. The molecule has 2 aromatic rings. The first-order valence-electron chi connectivity index (χ1n) is 8.76. The number of benzene rings is 1. The first kappa shape index (κ1) is 18.7. The lowest BCUT2D eigenvalue weighted by molar-refractivity contribution is 0.181. The van der Waals surface area contributed by atoms with E-state index < -0.39 is 0 Å². The highest BCUT2D eigenvalue weighted by Gasteiger charge is 2.25. The van der Waals surface area contributed by atoms with Crippen LogP contribution in [0.5, 0.6) is 0 Å². The predicted octanol–water partition coefficient (Wildman–Crippen LogP) is 3.40. The van der Waals surface area contributed by atoms with E-state index in [0.29, 0.717) is 6.04 Å². The minimum atomic E-state index is 0. The smallest absolute Gasteiger partial charge is 0.191 e. The van der Waals surface area contributed by atoms with Gasteiger partial charge in [0, 0.05) is 37.6 Å². The standard InChI is InChI=1S/C19H24N4S.HI/c1-2-5-15(6-3-1)17(13-22-19-20-9-4-10-21-19)23-11-7-18-16(14-23)8-12-24-18;/h1-3,5-6,8,12,17H,4,7,9-11,13-14H2,(H2,20,21,22);1H. The number of hydrogen-bond donors (Lipinski definition) is 2. The minimum Gasteiger partial charge on any atom is -0.356 e. The molecule has 2 aliphatic rings. The molecule has 134 valence electrons. The number of nitrogens with zero attached hydrogens (tertiary/aromatic N) is 2. The number of guanidine groups is 1. The summed E-state index contributed by atoms with van der Waals surface area (Å²) in [5.74, 6) is 0.954. The van der Waals surface area contributed by atoms with E-state index in [-0.39, 0.29) is 24.0 Å². The van der Waals surface area contributed by atoms with Crippen molar-refractivity contribution in [2.45, 2.75) is 25.4 Å². The third-order valence-electron chi connectivity index (χ3n) is 4.82. The van der Waals surface area contributed by atoms with E-state index in [1.54, 1.807) is 4.88 Å². The van der Waals surface area contributed by atoms with Crippen LogP contribution in [0.1, 0.15) is 28.5 Å². The molecule has 1 aromatic carbocycles. The van der Waals surface area contributed by atoms with Crippen LogP contribution < -0.4 is 10.6 Å². The van der Waals surface area contributed by atoms with Crippen molar-refractivity contribution in [3.05, 3.63) is 57.8 Å². The molecule has 3 heterocycles. The first-order valence-corrected chi connectivity index (χ1v) is 9.64. The lowest BCUT2D eigenvalue weighted by Gasteiger charge is -2.35. The average molecular weight is 468 g/mol. The number of halogens is 1. The molecule has 6 heteroatoms. The quantitative estimate of drug-likeness (QED) is 0.676. The Balaban J connectivity index is 0.00000182. The van der Waals surface area contributed by atoms with Gasteiger partial charge >= 0.3 is 0 Å². The van der Waals surface area contributed by atoms with Gasteiger partial charge in [0.1, 0.15) is 0 Å². The minimum absolute atomic E-state index is 0. The molecule has 0 saturated heterocycles. The molecule has 1 atom stereocenters. The summed E-state index contributed by atoms with van der Waals surface area (Å²) in [4.78, 5) is 8.70. The van der Waals surface area contributed by atoms with Crippen molar-refractivity contribution in [3.8, 4) is 0 Å². The van der Waals surface area contributed by atoms with Gasteiger partial charge in [0.05, 0.1) is 6.04 Å². The topological polar surface area (TPSA) is 39.7 Å². The Morgan fingerprint density at radius 1 is 1.24 bits per heavy atom. The van der Waals surface area contributed by atoms with Gasteiger partial charge in [0.25, 0.3) is 0 Å². The molecular weight excluding hydrogens is 443 g/mol. The summed E-state index contributed by atoms with van der Waals surface area (Å²) in [6.07, 6.45) is 2.29. The fourth-order valence-corrected chi connectivity index (χ4v) is 4.40. The Bertz CT molecular complexity index is 700. The van der Waals surface area contributed by atoms with E-state index in [0.717, 1.165) is 51.5 Å². The second-order valence-corrected chi connectivity index (χ2v) is 7.41. The molecule has 0 aliphatic carbocycles. The molecule has 2 N–H and O–H groups in total. The summed E-state index contributed by atoms with van der Waals surface area (Å²) >= 11 is 1.90. The molecule has 25 heavy (non-hydrogen) atoms. The van der Waals surface area contributed by atoms with Crippen LogP contribution in [0.15, 0.2) is 46.8 Å². The summed E-state index contributed by atoms with van der Waals surface area (Å²) < 4.78 is 0. The Labute approximate surface area is 170 Å². The number of hydrogen-bond acceptors (Lipinski definition) is 5. The number of aliphatic imine (C=N–C) groups is 1. The molecule has 0 amide bonds. The van der Waals surface area contributed by atoms with Crippen LogP contribution in [-0.2, 0) is 13.0 Å². The summed E-state index contributed by atoms with van der Waals surface area (Å²) in [6.45, 7) is 4.99. The van der Waals surface area contributed by atoms with Gasteiger partial charge in [0.15, 0.2) is 5.96 Å². The molecule has 0 radical (unpaired) electrons. The van der Waals surface area contributed by atoms with Crippen molar-refractivity contribution in [2.75, 3.05) is 26.2 Å². The van der Waals surface area contributed by atoms with Crippen molar-refractivity contribution in [3.63, 3.8) is 0 Å². The van der Waals surface area contributed by atoms with Crippen molar-refractivity contribution in [1.82, 2.24) is 15.5 Å². The van der Waals surface area contributed by atoms with Crippen LogP contribution in [0.25, 0.3) is 0 Å². The molecule has 4 nitrogen and oxygen atoms in total. The van der Waals surface area contributed by atoms with Crippen LogP contribution in [0.2, 0.25) is 0 Å². The van der Waals surface area contributed by atoms with Crippen LogP contribution in [0.4, 0.5) is 0 Å². The Morgan fingerprint density at radius 2 is 2.12 bits per heavy atom. The zero-order chi connectivity index (χ0) is 16.2. The fourth-order valence-electron chi connectivity index (χ4n) is 3.51. The zero-order valence-corrected chi connectivity index (χ0v) is 17.4. The predicted molar refractivity (Wildman–Crippen MR) is 116 cm³/mol. The van der Waals surface area contributed by atoms with Gasteiger partial charge in [-0.3, -0.25) is 9.89 Å². The number of thiophene rings is 1. The molecule has 0 saturated carbocycles. The van der Waals surface area contributed by atoms with Crippen molar-refractivity contribution in [2.24, 2.45) is 4.99 Å². The second-order valence-electron chi connectivity index (χ2n) is 6.41. The van der Waals surface area contributed by atoms with E-state index in [4.69, 9.17) is 0 Å². The molecule has 0 spiro atoms. The van der Waals surface area contributed by atoms with Crippen LogP contribution >= 0.6 is 35.3 Å².